The molecule has 0 saturated heterocycles. The van der Waals surface area contributed by atoms with Gasteiger partial charge in [0.1, 0.15) is 5.60 Å². The van der Waals surface area contributed by atoms with Gasteiger partial charge in [0.05, 0.1) is 12.3 Å². The molecule has 3 aromatic rings. The number of carbonyl (C=O) groups is 1. The molecule has 1 amide bonds. The van der Waals surface area contributed by atoms with Gasteiger partial charge in [0.2, 0.25) is 0 Å². The number of carbonyl (C=O) groups excluding carboxylic acids is 1. The van der Waals surface area contributed by atoms with E-state index in [-0.39, 0.29) is 25.5 Å². The molecular formula is C24H31N5O3. The molecule has 170 valence electrons. The molecule has 2 aliphatic carbocycles. The summed E-state index contributed by atoms with van der Waals surface area (Å²) in [5.41, 5.74) is 0.268. The van der Waals surface area contributed by atoms with Gasteiger partial charge in [-0.3, -0.25) is 14.7 Å². The summed E-state index contributed by atoms with van der Waals surface area (Å²) in [6.07, 6.45) is 6.82. The van der Waals surface area contributed by atoms with Gasteiger partial charge in [0.15, 0.2) is 5.82 Å². The van der Waals surface area contributed by atoms with E-state index in [1.165, 1.54) is 23.4 Å². The van der Waals surface area contributed by atoms with Gasteiger partial charge in [-0.15, -0.1) is 0 Å². The van der Waals surface area contributed by atoms with Crippen LogP contribution in [0.1, 0.15) is 58.1 Å². The molecule has 1 aromatic carbocycles. The molecule has 2 N–H and O–H groups in total. The number of rotatable bonds is 7. The molecule has 5 rings (SSSR count). The number of amides is 1. The molecule has 2 aromatic heterocycles. The lowest BCUT2D eigenvalue weighted by molar-refractivity contribution is -0.154. The first kappa shape index (κ1) is 22.2. The van der Waals surface area contributed by atoms with Gasteiger partial charge < -0.3 is 10.1 Å². The third-order valence-electron chi connectivity index (χ3n) is 6.25. The predicted octanol–water partition coefficient (Wildman–Crippen LogP) is 3.47. The molecular weight excluding hydrogens is 406 g/mol. The number of ether oxygens (including phenoxy) is 1. The summed E-state index contributed by atoms with van der Waals surface area (Å²) in [5.74, 6) is 1.46. The molecule has 0 radical (unpaired) electrons. The van der Waals surface area contributed by atoms with Crippen molar-refractivity contribution >= 4 is 11.7 Å². The fourth-order valence-corrected chi connectivity index (χ4v) is 4.22. The van der Waals surface area contributed by atoms with E-state index in [9.17, 15) is 9.59 Å². The summed E-state index contributed by atoms with van der Waals surface area (Å²) in [5, 5.41) is 6.08. The van der Waals surface area contributed by atoms with Crippen molar-refractivity contribution in [3.63, 3.8) is 0 Å². The van der Waals surface area contributed by atoms with Crippen molar-refractivity contribution in [1.82, 2.24) is 24.9 Å². The monoisotopic (exact) mass is 437 g/mol. The zero-order chi connectivity index (χ0) is 21.3. The summed E-state index contributed by atoms with van der Waals surface area (Å²) in [6.45, 7) is 0.834. The van der Waals surface area contributed by atoms with Crippen molar-refractivity contribution in [3.8, 4) is 11.4 Å². The maximum absolute atomic E-state index is 13.0. The van der Waals surface area contributed by atoms with Crippen LogP contribution in [-0.2, 0) is 16.1 Å². The topological polar surface area (TPSA) is 101 Å². The summed E-state index contributed by atoms with van der Waals surface area (Å²) in [7, 11) is 0. The SMILES string of the molecule is C.O=C(NCC1CC1)C1(OCc2cc(=O)n3[nH]c(-c4ccccc4)nc3n2)CCCCC1. The van der Waals surface area contributed by atoms with E-state index in [4.69, 9.17) is 4.74 Å². The number of H-pyrrole nitrogens is 1. The van der Waals surface area contributed by atoms with Gasteiger partial charge in [-0.25, -0.2) is 4.98 Å². The largest absolute Gasteiger partial charge is 0.359 e. The average molecular weight is 438 g/mol. The van der Waals surface area contributed by atoms with Crippen LogP contribution >= 0.6 is 0 Å². The fraction of sp³-hybridized carbons (Fsp3) is 0.500. The molecule has 2 heterocycles. The summed E-state index contributed by atoms with van der Waals surface area (Å²) < 4.78 is 7.53. The maximum atomic E-state index is 13.0. The molecule has 0 spiro atoms. The van der Waals surface area contributed by atoms with Gasteiger partial charge in [-0.05, 0) is 31.6 Å². The highest BCUT2D eigenvalue weighted by Crippen LogP contribution is 2.34. The number of nitrogens with one attached hydrogen (secondary N) is 2. The Morgan fingerprint density at radius 2 is 1.91 bits per heavy atom. The van der Waals surface area contributed by atoms with Crippen LogP contribution in [0.4, 0.5) is 0 Å². The Hall–Kier alpha value is -3.00. The lowest BCUT2D eigenvalue weighted by Gasteiger charge is -2.35. The number of aromatic amines is 1. The quantitative estimate of drug-likeness (QED) is 0.589. The van der Waals surface area contributed by atoms with E-state index in [0.717, 1.165) is 31.4 Å². The Balaban J connectivity index is 0.00000245. The van der Waals surface area contributed by atoms with Crippen LogP contribution in [0.15, 0.2) is 41.2 Å². The van der Waals surface area contributed by atoms with Gasteiger partial charge in [-0.1, -0.05) is 57.0 Å². The summed E-state index contributed by atoms with van der Waals surface area (Å²) in [6, 6.07) is 11.0. The van der Waals surface area contributed by atoms with E-state index in [2.05, 4.69) is 20.4 Å². The molecule has 8 nitrogen and oxygen atoms in total. The van der Waals surface area contributed by atoms with Gasteiger partial charge in [0, 0.05) is 18.2 Å². The average Bonchev–Trinajstić information content (AvgIpc) is 3.53. The first-order valence-electron chi connectivity index (χ1n) is 11.1. The molecule has 32 heavy (non-hydrogen) atoms. The first-order chi connectivity index (χ1) is 15.1. The Bertz CT molecular complexity index is 1130. The second kappa shape index (κ2) is 9.24. The van der Waals surface area contributed by atoms with Crippen molar-refractivity contribution < 1.29 is 9.53 Å². The minimum absolute atomic E-state index is 0. The second-order valence-electron chi connectivity index (χ2n) is 8.66. The highest BCUT2D eigenvalue weighted by molar-refractivity contribution is 5.85. The molecule has 0 bridgehead atoms. The smallest absolute Gasteiger partial charge is 0.274 e. The van der Waals surface area contributed by atoms with Gasteiger partial charge >= 0.3 is 0 Å². The lowest BCUT2D eigenvalue weighted by atomic mass is 9.83. The third-order valence-corrected chi connectivity index (χ3v) is 6.25. The van der Waals surface area contributed by atoms with Crippen molar-refractivity contribution in [2.75, 3.05) is 6.54 Å². The normalized spacial score (nSPS) is 17.6. The van der Waals surface area contributed by atoms with Crippen LogP contribution in [0.25, 0.3) is 17.2 Å². The maximum Gasteiger partial charge on any atom is 0.274 e. The number of benzene rings is 1. The van der Waals surface area contributed by atoms with Crippen molar-refractivity contribution in [3.05, 3.63) is 52.4 Å². The number of nitrogens with zero attached hydrogens (tertiary/aromatic N) is 3. The van der Waals surface area contributed by atoms with Crippen LogP contribution in [0, 0.1) is 5.92 Å². The Labute approximate surface area is 187 Å². The highest BCUT2D eigenvalue weighted by Gasteiger charge is 2.41. The van der Waals surface area contributed by atoms with Crippen LogP contribution in [0.2, 0.25) is 0 Å². The predicted molar refractivity (Wildman–Crippen MR) is 122 cm³/mol. The first-order valence-corrected chi connectivity index (χ1v) is 11.1. The minimum Gasteiger partial charge on any atom is -0.359 e. The van der Waals surface area contributed by atoms with Crippen LogP contribution in [0.5, 0.6) is 0 Å². The van der Waals surface area contributed by atoms with E-state index < -0.39 is 5.60 Å². The molecule has 0 unspecified atom stereocenters. The van der Waals surface area contributed by atoms with E-state index in [1.54, 1.807) is 0 Å². The van der Waals surface area contributed by atoms with E-state index in [0.29, 0.717) is 36.1 Å². The van der Waals surface area contributed by atoms with Crippen LogP contribution < -0.4 is 10.9 Å². The molecule has 8 heteroatoms. The molecule has 0 atom stereocenters. The summed E-state index contributed by atoms with van der Waals surface area (Å²) in [4.78, 5) is 34.6. The van der Waals surface area contributed by atoms with Crippen molar-refractivity contribution in [1.29, 1.82) is 0 Å². The van der Waals surface area contributed by atoms with Crippen LogP contribution in [-0.4, -0.2) is 37.6 Å². The molecule has 2 saturated carbocycles. The van der Waals surface area contributed by atoms with Crippen molar-refractivity contribution in [2.45, 2.75) is 64.6 Å². The van der Waals surface area contributed by atoms with E-state index in [1.807, 2.05) is 30.3 Å². The number of aromatic nitrogens is 4. The number of hydrogen-bond donors (Lipinski definition) is 2. The Kier molecular flexibility index (Phi) is 6.41. The van der Waals surface area contributed by atoms with Gasteiger partial charge in [0.25, 0.3) is 17.2 Å². The minimum atomic E-state index is -0.833. The number of hydrogen-bond acceptors (Lipinski definition) is 5. The lowest BCUT2D eigenvalue weighted by Crippen LogP contribution is -2.50. The summed E-state index contributed by atoms with van der Waals surface area (Å²) >= 11 is 0. The zero-order valence-electron chi connectivity index (χ0n) is 17.5. The molecule has 0 aliphatic heterocycles. The molecule has 2 fully saturated rings. The Morgan fingerprint density at radius 3 is 2.62 bits per heavy atom. The van der Waals surface area contributed by atoms with Gasteiger partial charge in [-0.2, -0.15) is 9.50 Å². The highest BCUT2D eigenvalue weighted by atomic mass is 16.5. The third kappa shape index (κ3) is 4.60. The number of fused-ring (bicyclic) bond motifs is 1. The van der Waals surface area contributed by atoms with E-state index >= 15 is 0 Å². The van der Waals surface area contributed by atoms with Crippen LogP contribution in [0.3, 0.4) is 0 Å². The van der Waals surface area contributed by atoms with Crippen molar-refractivity contribution in [2.24, 2.45) is 5.92 Å². The fourth-order valence-electron chi connectivity index (χ4n) is 4.22. The Morgan fingerprint density at radius 1 is 1.16 bits per heavy atom. The zero-order valence-corrected chi connectivity index (χ0v) is 17.5. The second-order valence-corrected chi connectivity index (χ2v) is 8.66. The standard InChI is InChI=1S/C23H27N5O3.CH4/c29-19-13-18(25-22-26-20(27-28(19)22)17-7-3-1-4-8-17)15-31-23(11-5-2-6-12-23)21(30)24-14-16-9-10-16;/h1,3-4,7-8,13,16H,2,5-6,9-12,14-15H2,(H,24,30)(H,25,26,27);1H4. The molecule has 2 aliphatic rings.